The van der Waals surface area contributed by atoms with Gasteiger partial charge in [-0.2, -0.15) is 5.26 Å². The van der Waals surface area contributed by atoms with Crippen molar-refractivity contribution in [3.05, 3.63) is 53.6 Å². The Morgan fingerprint density at radius 1 is 1.07 bits per heavy atom. The van der Waals surface area contributed by atoms with Gasteiger partial charge in [-0.3, -0.25) is 9.59 Å². The number of hydrogen-bond donors (Lipinski definition) is 1. The number of anilines is 1. The summed E-state index contributed by atoms with van der Waals surface area (Å²) in [5, 5.41) is 11.6. The van der Waals surface area contributed by atoms with E-state index >= 15 is 0 Å². The summed E-state index contributed by atoms with van der Waals surface area (Å²) in [6, 6.07) is 13.9. The van der Waals surface area contributed by atoms with Crippen molar-refractivity contribution < 1.29 is 19.1 Å². The Bertz CT molecular complexity index is 857. The van der Waals surface area contributed by atoms with E-state index in [1.54, 1.807) is 50.6 Å². The summed E-state index contributed by atoms with van der Waals surface area (Å²) in [4.78, 5) is 25.6. The molecule has 0 aliphatic carbocycles. The average molecular weight is 367 g/mol. The van der Waals surface area contributed by atoms with Crippen LogP contribution < -0.4 is 19.7 Å². The van der Waals surface area contributed by atoms with Gasteiger partial charge in [-0.1, -0.05) is 6.07 Å². The van der Waals surface area contributed by atoms with Crippen molar-refractivity contribution in [2.45, 2.75) is 13.5 Å². The van der Waals surface area contributed by atoms with Gasteiger partial charge < -0.3 is 19.7 Å². The summed E-state index contributed by atoms with van der Waals surface area (Å²) in [5.41, 5.74) is 1.89. The molecule has 2 rings (SSSR count). The molecule has 0 fully saturated rings. The second kappa shape index (κ2) is 9.25. The highest BCUT2D eigenvalue weighted by Gasteiger charge is 2.16. The minimum Gasteiger partial charge on any atom is -0.493 e. The van der Waals surface area contributed by atoms with Gasteiger partial charge in [0, 0.05) is 19.2 Å². The van der Waals surface area contributed by atoms with E-state index in [2.05, 4.69) is 5.32 Å². The Morgan fingerprint density at radius 3 is 2.30 bits per heavy atom. The van der Waals surface area contributed by atoms with Crippen molar-refractivity contribution in [3.63, 3.8) is 0 Å². The molecule has 0 spiro atoms. The standard InChI is InChI=1S/C20H21N3O4/c1-14(24)23(17-7-4-15(11-21)5-8-17)13-20(25)22-12-16-6-9-18(26-2)19(10-16)27-3/h4-10H,12-13H2,1-3H3,(H,22,25). The fourth-order valence-corrected chi connectivity index (χ4v) is 2.49. The number of amides is 2. The van der Waals surface area contributed by atoms with Crippen molar-refractivity contribution >= 4 is 17.5 Å². The molecule has 0 saturated heterocycles. The predicted molar refractivity (Wildman–Crippen MR) is 101 cm³/mol. The number of ether oxygens (including phenoxy) is 2. The lowest BCUT2D eigenvalue weighted by molar-refractivity contribution is -0.123. The molecule has 0 heterocycles. The second-order valence-electron chi connectivity index (χ2n) is 5.73. The number of carbonyl (C=O) groups excluding carboxylic acids is 2. The monoisotopic (exact) mass is 367 g/mol. The lowest BCUT2D eigenvalue weighted by Gasteiger charge is -2.20. The van der Waals surface area contributed by atoms with Crippen LogP contribution in [0.25, 0.3) is 0 Å². The topological polar surface area (TPSA) is 91.7 Å². The smallest absolute Gasteiger partial charge is 0.240 e. The summed E-state index contributed by atoms with van der Waals surface area (Å²) >= 11 is 0. The lowest BCUT2D eigenvalue weighted by atomic mass is 10.2. The normalized spacial score (nSPS) is 9.85. The molecule has 0 saturated carbocycles. The summed E-state index contributed by atoms with van der Waals surface area (Å²) in [5.74, 6) is 0.619. The fourth-order valence-electron chi connectivity index (χ4n) is 2.49. The molecule has 0 unspecified atom stereocenters. The molecule has 1 N–H and O–H groups in total. The molecule has 0 atom stereocenters. The van der Waals surface area contributed by atoms with Gasteiger partial charge >= 0.3 is 0 Å². The maximum absolute atomic E-state index is 12.3. The first-order valence-corrected chi connectivity index (χ1v) is 8.24. The predicted octanol–water partition coefficient (Wildman–Crippen LogP) is 2.24. The number of nitrogens with one attached hydrogen (secondary N) is 1. The lowest BCUT2D eigenvalue weighted by Crippen LogP contribution is -2.39. The van der Waals surface area contributed by atoms with Gasteiger partial charge in [-0.25, -0.2) is 0 Å². The molecule has 0 radical (unpaired) electrons. The molecule has 7 heteroatoms. The molecule has 2 amide bonds. The molecular weight excluding hydrogens is 346 g/mol. The zero-order valence-electron chi connectivity index (χ0n) is 15.5. The number of methoxy groups -OCH3 is 2. The van der Waals surface area contributed by atoms with Gasteiger partial charge in [0.2, 0.25) is 11.8 Å². The van der Waals surface area contributed by atoms with Gasteiger partial charge in [-0.05, 0) is 42.0 Å². The number of carbonyl (C=O) groups is 2. The second-order valence-corrected chi connectivity index (χ2v) is 5.73. The van der Waals surface area contributed by atoms with E-state index in [0.717, 1.165) is 5.56 Å². The quantitative estimate of drug-likeness (QED) is 0.810. The van der Waals surface area contributed by atoms with Crippen LogP contribution in [0.2, 0.25) is 0 Å². The van der Waals surface area contributed by atoms with Crippen molar-refractivity contribution in [2.75, 3.05) is 25.7 Å². The number of hydrogen-bond acceptors (Lipinski definition) is 5. The maximum Gasteiger partial charge on any atom is 0.240 e. The Morgan fingerprint density at radius 2 is 1.74 bits per heavy atom. The molecule has 0 aliphatic rings. The third kappa shape index (κ3) is 5.22. The molecule has 0 aliphatic heterocycles. The van der Waals surface area contributed by atoms with Crippen LogP contribution in [0, 0.1) is 11.3 Å². The first kappa shape index (κ1) is 19.8. The van der Waals surface area contributed by atoms with Crippen LogP contribution in [0.15, 0.2) is 42.5 Å². The third-order valence-corrected chi connectivity index (χ3v) is 3.93. The number of nitrogens with zero attached hydrogens (tertiary/aromatic N) is 2. The van der Waals surface area contributed by atoms with Gasteiger partial charge in [0.05, 0.1) is 25.9 Å². The Balaban J connectivity index is 2.02. The van der Waals surface area contributed by atoms with Gasteiger partial charge in [0.25, 0.3) is 0 Å². The van der Waals surface area contributed by atoms with Gasteiger partial charge in [-0.15, -0.1) is 0 Å². The average Bonchev–Trinajstić information content (AvgIpc) is 2.70. The van der Waals surface area contributed by atoms with Crippen molar-refractivity contribution in [1.82, 2.24) is 5.32 Å². The van der Waals surface area contributed by atoms with Crippen molar-refractivity contribution in [1.29, 1.82) is 5.26 Å². The summed E-state index contributed by atoms with van der Waals surface area (Å²) in [7, 11) is 3.10. The van der Waals surface area contributed by atoms with Gasteiger partial charge in [0.1, 0.15) is 6.54 Å². The van der Waals surface area contributed by atoms with Crippen LogP contribution in [-0.2, 0) is 16.1 Å². The summed E-state index contributed by atoms with van der Waals surface area (Å²) < 4.78 is 10.4. The van der Waals surface area contributed by atoms with Gasteiger partial charge in [0.15, 0.2) is 11.5 Å². The van der Waals surface area contributed by atoms with Crippen molar-refractivity contribution in [3.8, 4) is 17.6 Å². The molecule has 2 aromatic rings. The van der Waals surface area contributed by atoms with Crippen LogP contribution in [0.1, 0.15) is 18.1 Å². The van der Waals surface area contributed by atoms with E-state index < -0.39 is 0 Å². The molecule has 0 bridgehead atoms. The first-order valence-electron chi connectivity index (χ1n) is 8.24. The summed E-state index contributed by atoms with van der Waals surface area (Å²) in [6.45, 7) is 1.56. The van der Waals surface area contributed by atoms with E-state index in [9.17, 15) is 9.59 Å². The highest BCUT2D eigenvalue weighted by Crippen LogP contribution is 2.27. The fraction of sp³-hybridized carbons (Fsp3) is 0.250. The largest absolute Gasteiger partial charge is 0.493 e. The highest BCUT2D eigenvalue weighted by molar-refractivity contribution is 5.97. The Hall–Kier alpha value is -3.53. The zero-order chi connectivity index (χ0) is 19.8. The van der Waals surface area contributed by atoms with E-state index in [4.69, 9.17) is 14.7 Å². The number of benzene rings is 2. The maximum atomic E-state index is 12.3. The molecule has 7 nitrogen and oxygen atoms in total. The number of nitriles is 1. The van der Waals surface area contributed by atoms with E-state index in [0.29, 0.717) is 22.7 Å². The SMILES string of the molecule is COc1ccc(CNC(=O)CN(C(C)=O)c2ccc(C#N)cc2)cc1OC. The van der Waals surface area contributed by atoms with Crippen LogP contribution in [0.3, 0.4) is 0 Å². The molecule has 27 heavy (non-hydrogen) atoms. The van der Waals surface area contributed by atoms with E-state index in [1.807, 2.05) is 12.1 Å². The van der Waals surface area contributed by atoms with E-state index in [1.165, 1.54) is 11.8 Å². The van der Waals surface area contributed by atoms with Crippen LogP contribution in [-0.4, -0.2) is 32.6 Å². The number of rotatable bonds is 7. The van der Waals surface area contributed by atoms with Crippen LogP contribution >= 0.6 is 0 Å². The first-order chi connectivity index (χ1) is 13.0. The molecule has 0 aromatic heterocycles. The zero-order valence-corrected chi connectivity index (χ0v) is 15.5. The van der Waals surface area contributed by atoms with Crippen LogP contribution in [0.4, 0.5) is 5.69 Å². The Labute approximate surface area is 158 Å². The van der Waals surface area contributed by atoms with Crippen LogP contribution in [0.5, 0.6) is 11.5 Å². The molecule has 2 aromatic carbocycles. The van der Waals surface area contributed by atoms with Crippen molar-refractivity contribution in [2.24, 2.45) is 0 Å². The minimum absolute atomic E-state index is 0.117. The van der Waals surface area contributed by atoms with E-state index in [-0.39, 0.29) is 24.9 Å². The minimum atomic E-state index is -0.302. The summed E-state index contributed by atoms with van der Waals surface area (Å²) in [6.07, 6.45) is 0. The highest BCUT2D eigenvalue weighted by atomic mass is 16.5. The molecule has 140 valence electrons. The Kier molecular flexibility index (Phi) is 6.78. The molecular formula is C20H21N3O4. The third-order valence-electron chi connectivity index (χ3n) is 3.93.